The van der Waals surface area contributed by atoms with Crippen molar-refractivity contribution in [2.75, 3.05) is 24.5 Å². The number of nitrogens with zero attached hydrogens (tertiary/aromatic N) is 2. The largest absolute Gasteiger partial charge is 0.349 e. The van der Waals surface area contributed by atoms with Crippen molar-refractivity contribution in [2.24, 2.45) is 0 Å². The molecule has 1 unspecified atom stereocenters. The van der Waals surface area contributed by atoms with E-state index in [4.69, 9.17) is 0 Å². The maximum atomic E-state index is 4.54. The van der Waals surface area contributed by atoms with E-state index in [9.17, 15) is 0 Å². The molecule has 1 N–H and O–H groups in total. The molecule has 19 heavy (non-hydrogen) atoms. The van der Waals surface area contributed by atoms with Crippen molar-refractivity contribution in [3.8, 4) is 0 Å². The van der Waals surface area contributed by atoms with E-state index in [1.165, 1.54) is 5.56 Å². The molecule has 1 heterocycles. The van der Waals surface area contributed by atoms with Gasteiger partial charge in [0.2, 0.25) is 0 Å². The van der Waals surface area contributed by atoms with Crippen LogP contribution in [-0.4, -0.2) is 24.6 Å². The molecule has 0 aliphatic rings. The van der Waals surface area contributed by atoms with E-state index in [0.29, 0.717) is 6.04 Å². The molecule has 1 aromatic heterocycles. The van der Waals surface area contributed by atoms with Crippen LogP contribution in [0.2, 0.25) is 0 Å². The summed E-state index contributed by atoms with van der Waals surface area (Å²) in [7, 11) is 0. The molecular weight excluding hydrogens is 234 g/mol. The third-order valence-electron chi connectivity index (χ3n) is 2.99. The minimum Gasteiger partial charge on any atom is -0.349 e. The Labute approximate surface area is 117 Å². The number of hydrogen-bond donors (Lipinski definition) is 1. The van der Waals surface area contributed by atoms with Crippen LogP contribution in [0.5, 0.6) is 0 Å². The third kappa shape index (κ3) is 4.87. The lowest BCUT2D eigenvalue weighted by molar-refractivity contribution is 0.569. The molecule has 3 nitrogen and oxygen atoms in total. The monoisotopic (exact) mass is 259 g/mol. The van der Waals surface area contributed by atoms with Gasteiger partial charge in [0, 0.05) is 25.3 Å². The molecule has 0 aromatic carbocycles. The van der Waals surface area contributed by atoms with Crippen LogP contribution >= 0.6 is 0 Å². The fourth-order valence-electron chi connectivity index (χ4n) is 1.89. The third-order valence-corrected chi connectivity index (χ3v) is 2.99. The van der Waals surface area contributed by atoms with E-state index in [1.807, 2.05) is 18.3 Å². The number of rotatable bonds is 9. The Hall–Kier alpha value is -1.61. The fraction of sp³-hybridized carbons (Fsp3) is 0.438. The van der Waals surface area contributed by atoms with Crippen LogP contribution in [-0.2, 0) is 0 Å². The molecule has 104 valence electrons. The molecule has 0 fully saturated rings. The summed E-state index contributed by atoms with van der Waals surface area (Å²) in [6.07, 6.45) is 6.85. The van der Waals surface area contributed by atoms with E-state index in [2.05, 4.69) is 54.3 Å². The average molecular weight is 259 g/mol. The first kappa shape index (κ1) is 15.4. The summed E-state index contributed by atoms with van der Waals surface area (Å²) in [6, 6.07) is 4.54. The van der Waals surface area contributed by atoms with Gasteiger partial charge in [-0.2, -0.15) is 0 Å². The minimum atomic E-state index is 0.341. The summed E-state index contributed by atoms with van der Waals surface area (Å²) in [5, 5.41) is 3.46. The van der Waals surface area contributed by atoms with Crippen molar-refractivity contribution in [3.05, 3.63) is 49.2 Å². The SMILES string of the molecule is C=CCN(CC=C)c1ccc(C(C)NCCC)cn1. The predicted octanol–water partition coefficient (Wildman–Crippen LogP) is 3.32. The Morgan fingerprint density at radius 2 is 2.00 bits per heavy atom. The molecular formula is C16H25N3. The molecule has 1 aromatic rings. The summed E-state index contributed by atoms with van der Waals surface area (Å²) >= 11 is 0. The van der Waals surface area contributed by atoms with Crippen LogP contribution in [0.1, 0.15) is 31.9 Å². The molecule has 0 aliphatic carbocycles. The Bertz CT molecular complexity index is 373. The average Bonchev–Trinajstić information content (AvgIpc) is 2.44. The van der Waals surface area contributed by atoms with Crippen LogP contribution in [0.25, 0.3) is 0 Å². The van der Waals surface area contributed by atoms with Gasteiger partial charge in [-0.3, -0.25) is 0 Å². The van der Waals surface area contributed by atoms with Crippen molar-refractivity contribution >= 4 is 5.82 Å². The van der Waals surface area contributed by atoms with Gasteiger partial charge in [-0.05, 0) is 31.5 Å². The Balaban J connectivity index is 2.73. The highest BCUT2D eigenvalue weighted by molar-refractivity contribution is 5.41. The van der Waals surface area contributed by atoms with Gasteiger partial charge in [0.15, 0.2) is 0 Å². The molecule has 0 spiro atoms. The van der Waals surface area contributed by atoms with E-state index in [0.717, 1.165) is 31.9 Å². The van der Waals surface area contributed by atoms with Crippen molar-refractivity contribution in [1.29, 1.82) is 0 Å². The first-order chi connectivity index (χ1) is 9.22. The number of anilines is 1. The van der Waals surface area contributed by atoms with Gasteiger partial charge >= 0.3 is 0 Å². The molecule has 0 radical (unpaired) electrons. The fourth-order valence-corrected chi connectivity index (χ4v) is 1.89. The maximum absolute atomic E-state index is 4.54. The van der Waals surface area contributed by atoms with Crippen molar-refractivity contribution in [1.82, 2.24) is 10.3 Å². The zero-order valence-electron chi connectivity index (χ0n) is 12.1. The van der Waals surface area contributed by atoms with Crippen molar-refractivity contribution in [2.45, 2.75) is 26.3 Å². The zero-order valence-corrected chi connectivity index (χ0v) is 12.1. The van der Waals surface area contributed by atoms with Crippen molar-refractivity contribution < 1.29 is 0 Å². The van der Waals surface area contributed by atoms with Gasteiger partial charge in [0.1, 0.15) is 5.82 Å². The van der Waals surface area contributed by atoms with Crippen LogP contribution in [0.15, 0.2) is 43.6 Å². The molecule has 0 aliphatic heterocycles. The molecule has 3 heteroatoms. The van der Waals surface area contributed by atoms with E-state index in [-0.39, 0.29) is 0 Å². The highest BCUT2D eigenvalue weighted by atomic mass is 15.2. The van der Waals surface area contributed by atoms with Gasteiger partial charge in [0.05, 0.1) is 0 Å². The second-order valence-electron chi connectivity index (χ2n) is 4.61. The van der Waals surface area contributed by atoms with E-state index in [1.54, 1.807) is 0 Å². The molecule has 1 atom stereocenters. The normalized spacial score (nSPS) is 11.9. The maximum Gasteiger partial charge on any atom is 0.129 e. The van der Waals surface area contributed by atoms with Gasteiger partial charge < -0.3 is 10.2 Å². The number of nitrogens with one attached hydrogen (secondary N) is 1. The molecule has 0 bridgehead atoms. The van der Waals surface area contributed by atoms with Gasteiger partial charge in [0.25, 0.3) is 0 Å². The summed E-state index contributed by atoms with van der Waals surface area (Å²) in [5.41, 5.74) is 1.22. The first-order valence-corrected chi connectivity index (χ1v) is 6.89. The summed E-state index contributed by atoms with van der Waals surface area (Å²) in [6.45, 7) is 14.5. The highest BCUT2D eigenvalue weighted by Gasteiger charge is 2.07. The van der Waals surface area contributed by atoms with Gasteiger partial charge in [-0.1, -0.05) is 25.1 Å². The number of hydrogen-bond acceptors (Lipinski definition) is 3. The summed E-state index contributed by atoms with van der Waals surface area (Å²) in [4.78, 5) is 6.67. The lowest BCUT2D eigenvalue weighted by Gasteiger charge is -2.21. The lowest BCUT2D eigenvalue weighted by Crippen LogP contribution is -2.24. The topological polar surface area (TPSA) is 28.2 Å². The molecule has 0 amide bonds. The molecule has 1 rings (SSSR count). The first-order valence-electron chi connectivity index (χ1n) is 6.89. The minimum absolute atomic E-state index is 0.341. The highest BCUT2D eigenvalue weighted by Crippen LogP contribution is 2.16. The van der Waals surface area contributed by atoms with Crippen molar-refractivity contribution in [3.63, 3.8) is 0 Å². The zero-order chi connectivity index (χ0) is 14.1. The predicted molar refractivity (Wildman–Crippen MR) is 83.6 cm³/mol. The van der Waals surface area contributed by atoms with Gasteiger partial charge in [-0.15, -0.1) is 13.2 Å². The Morgan fingerprint density at radius 3 is 2.47 bits per heavy atom. The number of aromatic nitrogens is 1. The van der Waals surface area contributed by atoms with Crippen LogP contribution in [0.4, 0.5) is 5.82 Å². The summed E-state index contributed by atoms with van der Waals surface area (Å²) in [5.74, 6) is 0.964. The molecule has 0 saturated heterocycles. The molecule has 0 saturated carbocycles. The Morgan fingerprint density at radius 1 is 1.32 bits per heavy atom. The van der Waals surface area contributed by atoms with E-state index >= 15 is 0 Å². The Kier molecular flexibility index (Phi) is 6.90. The van der Waals surface area contributed by atoms with Crippen LogP contribution in [0.3, 0.4) is 0 Å². The lowest BCUT2D eigenvalue weighted by atomic mass is 10.1. The van der Waals surface area contributed by atoms with E-state index < -0.39 is 0 Å². The second-order valence-corrected chi connectivity index (χ2v) is 4.61. The summed E-state index contributed by atoms with van der Waals surface area (Å²) < 4.78 is 0. The number of pyridine rings is 1. The van der Waals surface area contributed by atoms with Crippen LogP contribution < -0.4 is 10.2 Å². The smallest absolute Gasteiger partial charge is 0.129 e. The van der Waals surface area contributed by atoms with Crippen LogP contribution in [0, 0.1) is 0 Å². The second kappa shape index (κ2) is 8.48. The van der Waals surface area contributed by atoms with Gasteiger partial charge in [-0.25, -0.2) is 4.98 Å². The standard InChI is InChI=1S/C16H25N3/c1-5-10-17-14(4)15-8-9-16(18-13-15)19(11-6-2)12-7-3/h6-9,13-14,17H,2-3,5,10-12H2,1,4H3. The quantitative estimate of drug-likeness (QED) is 0.690.